The van der Waals surface area contributed by atoms with Gasteiger partial charge < -0.3 is 42.8 Å². The van der Waals surface area contributed by atoms with Gasteiger partial charge in [0.05, 0.1) is 24.8 Å². The van der Waals surface area contributed by atoms with E-state index in [0.717, 1.165) is 12.8 Å². The fourth-order valence-corrected chi connectivity index (χ4v) is 9.64. The number of amides is 3. The van der Waals surface area contributed by atoms with Crippen LogP contribution in [0, 0.1) is 23.2 Å². The number of nitrogens with zero attached hydrogens (tertiary/aromatic N) is 3. The van der Waals surface area contributed by atoms with Gasteiger partial charge in [0.15, 0.2) is 5.75 Å². The Morgan fingerprint density at radius 2 is 1.49 bits per heavy atom. The highest BCUT2D eigenvalue weighted by molar-refractivity contribution is 6.45. The molecule has 0 N–H and O–H groups in total. The van der Waals surface area contributed by atoms with E-state index in [-0.39, 0.29) is 78.0 Å². The van der Waals surface area contributed by atoms with Gasteiger partial charge >= 0.3 is 25.3 Å². The second kappa shape index (κ2) is 16.6. The van der Waals surface area contributed by atoms with Gasteiger partial charge in [0, 0.05) is 27.1 Å². The molecule has 3 aliphatic carbocycles. The lowest BCUT2D eigenvalue weighted by molar-refractivity contribution is -0.199. The van der Waals surface area contributed by atoms with E-state index in [9.17, 15) is 24.0 Å². The molecule has 1 aromatic carbocycles. The molecule has 15 nitrogen and oxygen atoms in total. The van der Waals surface area contributed by atoms with Crippen LogP contribution in [0.4, 0.5) is 9.59 Å². The molecule has 3 amide bonds. The van der Waals surface area contributed by atoms with Gasteiger partial charge in [-0.2, -0.15) is 0 Å². The lowest BCUT2D eigenvalue weighted by Crippen LogP contribution is -2.65. The van der Waals surface area contributed by atoms with Crippen molar-refractivity contribution in [1.82, 2.24) is 14.7 Å². The van der Waals surface area contributed by atoms with Gasteiger partial charge in [-0.05, 0) is 136 Å². The molecule has 338 valence electrons. The lowest BCUT2D eigenvalue weighted by atomic mass is 9.43. The summed E-state index contributed by atoms with van der Waals surface area (Å²) in [6.07, 6.45) is 1.27. The average Bonchev–Trinajstić information content (AvgIpc) is 3.66. The minimum Gasteiger partial charge on any atom is -0.486 e. The molecule has 0 radical (unpaired) electrons. The molecule has 6 fully saturated rings. The van der Waals surface area contributed by atoms with Crippen LogP contribution in [0.5, 0.6) is 11.5 Å². The van der Waals surface area contributed by atoms with Gasteiger partial charge in [0.2, 0.25) is 11.8 Å². The number of ether oxygens (including phenoxy) is 5. The first-order valence-electron chi connectivity index (χ1n) is 21.8. The summed E-state index contributed by atoms with van der Waals surface area (Å²) in [4.78, 5) is 71.7. The molecule has 0 aromatic heterocycles. The smallest absolute Gasteiger partial charge is 0.486 e. The van der Waals surface area contributed by atoms with Crippen molar-refractivity contribution in [3.8, 4) is 11.5 Å². The maximum Gasteiger partial charge on any atom is 0.514 e. The number of carbonyl (C=O) groups excluding carboxylic acids is 5. The SMILES string of the molecule is CN(C)C(=O)[C@H]1C[C@@H](CC(=O)N2CC(Oc3ccc(CCB4O[C@@H]5C[C@@H]6C[C@@H](C6(C)C)[C@]5(C)O4)c(OC(=O)OC(C)(C)C)c3C(=O)OC(C)(C)C)C2)CN1C(=O)OC(C)(C)C. The average molecular weight is 854 g/mol. The van der Waals surface area contributed by atoms with Crippen LogP contribution in [-0.2, 0) is 39.5 Å². The molecule has 7 rings (SSSR count). The number of aryl methyl sites for hydroxylation is 1. The van der Waals surface area contributed by atoms with Gasteiger partial charge in [-0.3, -0.25) is 14.5 Å². The Labute approximate surface area is 361 Å². The topological polar surface area (TPSA) is 160 Å². The fourth-order valence-electron chi connectivity index (χ4n) is 9.64. The monoisotopic (exact) mass is 853 g/mol. The van der Waals surface area contributed by atoms with Crippen LogP contribution in [-0.4, -0.2) is 126 Å². The van der Waals surface area contributed by atoms with Crippen molar-refractivity contribution in [1.29, 1.82) is 0 Å². The summed E-state index contributed by atoms with van der Waals surface area (Å²) in [7, 11) is 2.79. The number of likely N-dealkylation sites (N-methyl/N-ethyl adjacent to an activating group) is 1. The zero-order valence-electron chi connectivity index (χ0n) is 38.8. The summed E-state index contributed by atoms with van der Waals surface area (Å²) in [5, 5.41) is 0. The molecule has 3 saturated heterocycles. The Balaban J connectivity index is 1.18. The summed E-state index contributed by atoms with van der Waals surface area (Å²) in [6, 6.07) is 2.70. The van der Waals surface area contributed by atoms with Crippen molar-refractivity contribution in [2.75, 3.05) is 33.7 Å². The zero-order valence-corrected chi connectivity index (χ0v) is 38.8. The van der Waals surface area contributed by atoms with E-state index in [1.165, 1.54) is 9.80 Å². The van der Waals surface area contributed by atoms with Crippen molar-refractivity contribution >= 4 is 37.2 Å². The summed E-state index contributed by atoms with van der Waals surface area (Å²) < 4.78 is 42.5. The number of benzene rings is 1. The molecule has 0 unspecified atom stereocenters. The summed E-state index contributed by atoms with van der Waals surface area (Å²) in [5.74, 6) is -0.266. The fraction of sp³-hybridized carbons (Fsp3) is 0.756. The van der Waals surface area contributed by atoms with Crippen molar-refractivity contribution in [3.05, 3.63) is 23.3 Å². The van der Waals surface area contributed by atoms with E-state index in [0.29, 0.717) is 36.6 Å². The van der Waals surface area contributed by atoms with E-state index in [1.807, 2.05) is 0 Å². The van der Waals surface area contributed by atoms with Crippen LogP contribution < -0.4 is 9.47 Å². The first kappa shape index (κ1) is 46.5. The van der Waals surface area contributed by atoms with Crippen LogP contribution in [0.15, 0.2) is 12.1 Å². The molecular weight excluding hydrogens is 785 g/mol. The van der Waals surface area contributed by atoms with Gasteiger partial charge in [0.1, 0.15) is 40.3 Å². The van der Waals surface area contributed by atoms with E-state index in [2.05, 4.69) is 20.8 Å². The summed E-state index contributed by atoms with van der Waals surface area (Å²) >= 11 is 0. The van der Waals surface area contributed by atoms with E-state index in [4.69, 9.17) is 33.0 Å². The molecule has 0 spiro atoms. The number of hydrogen-bond acceptors (Lipinski definition) is 12. The van der Waals surface area contributed by atoms with Gasteiger partial charge in [-0.15, -0.1) is 0 Å². The maximum atomic E-state index is 14.1. The summed E-state index contributed by atoms with van der Waals surface area (Å²) in [6.45, 7) is 23.2. The lowest BCUT2D eigenvalue weighted by Gasteiger charge is -2.64. The van der Waals surface area contributed by atoms with Gasteiger partial charge in [0.25, 0.3) is 0 Å². The van der Waals surface area contributed by atoms with Gasteiger partial charge in [-0.1, -0.05) is 19.9 Å². The molecule has 1 aromatic rings. The quantitative estimate of drug-likeness (QED) is 0.104. The zero-order chi connectivity index (χ0) is 45.2. The molecule has 3 heterocycles. The van der Waals surface area contributed by atoms with Crippen LogP contribution in [0.3, 0.4) is 0 Å². The Bertz CT molecular complexity index is 1880. The Morgan fingerprint density at radius 1 is 0.852 bits per heavy atom. The van der Waals surface area contributed by atoms with Gasteiger partial charge in [-0.25, -0.2) is 14.4 Å². The molecule has 2 bridgehead atoms. The Kier molecular flexibility index (Phi) is 12.6. The van der Waals surface area contributed by atoms with E-state index >= 15 is 0 Å². The predicted molar refractivity (Wildman–Crippen MR) is 226 cm³/mol. The molecule has 3 aliphatic heterocycles. The number of esters is 1. The second-order valence-electron chi connectivity index (χ2n) is 21.7. The van der Waals surface area contributed by atoms with E-state index in [1.54, 1.807) is 93.4 Å². The molecule has 3 saturated carbocycles. The first-order valence-corrected chi connectivity index (χ1v) is 21.8. The highest BCUT2D eigenvalue weighted by Crippen LogP contribution is 2.65. The van der Waals surface area contributed by atoms with E-state index < -0.39 is 54.3 Å². The molecular formula is C45H68BN3O12. The van der Waals surface area contributed by atoms with Crippen molar-refractivity contribution in [3.63, 3.8) is 0 Å². The third kappa shape index (κ3) is 10.3. The molecule has 16 heteroatoms. The largest absolute Gasteiger partial charge is 0.514 e. The third-order valence-electron chi connectivity index (χ3n) is 12.7. The highest BCUT2D eigenvalue weighted by atomic mass is 16.7. The van der Waals surface area contributed by atoms with Crippen LogP contribution >= 0.6 is 0 Å². The third-order valence-corrected chi connectivity index (χ3v) is 12.7. The van der Waals surface area contributed by atoms with Crippen molar-refractivity contribution < 1.29 is 57.0 Å². The minimum atomic E-state index is -0.989. The Hall–Kier alpha value is -4.05. The predicted octanol–water partition coefficient (Wildman–Crippen LogP) is 6.92. The van der Waals surface area contributed by atoms with Crippen LogP contribution in [0.1, 0.15) is 125 Å². The standard InChI is InChI=1S/C45H68BN3O12/c1-41(2,3)57-38(52)35-31(55-29-24-48(25-29)34(50)20-26-19-30(37(51)47(13)14)49(23-26)39(53)58-42(4,5)6)16-15-27(36(35)56-40(54)59-43(7,8)9)17-18-46-60-33-22-28-21-32(44(28,10)11)45(33,12)61-46/h15-16,26,28-30,32-33H,17-25H2,1-14H3/t26-,28-,30+,32-,33+,45-/m0/s1. The second-order valence-corrected chi connectivity index (χ2v) is 21.7. The molecule has 6 atom stereocenters. The normalized spacial score (nSPS) is 27.0. The maximum absolute atomic E-state index is 14.1. The molecule has 61 heavy (non-hydrogen) atoms. The minimum absolute atomic E-state index is 0.00284. The van der Waals surface area contributed by atoms with Crippen LogP contribution in [0.2, 0.25) is 6.32 Å². The number of carbonyl (C=O) groups is 5. The highest BCUT2D eigenvalue weighted by Gasteiger charge is 2.67. The number of rotatable bonds is 10. The first-order chi connectivity index (χ1) is 28.0. The molecule has 6 aliphatic rings. The Morgan fingerprint density at radius 3 is 2.08 bits per heavy atom. The van der Waals surface area contributed by atoms with Crippen molar-refractivity contribution in [2.24, 2.45) is 23.2 Å². The number of hydrogen-bond donors (Lipinski definition) is 0. The van der Waals surface area contributed by atoms with Crippen molar-refractivity contribution in [2.45, 2.75) is 162 Å². The summed E-state index contributed by atoms with van der Waals surface area (Å²) in [5.41, 5.74) is -2.23. The van der Waals surface area contributed by atoms with Crippen LogP contribution in [0.25, 0.3) is 0 Å². The number of likely N-dealkylation sites (tertiary alicyclic amines) is 2.